The summed E-state index contributed by atoms with van der Waals surface area (Å²) in [7, 11) is 0. The lowest BCUT2D eigenvalue weighted by atomic mass is 9.61. The van der Waals surface area contributed by atoms with Crippen molar-refractivity contribution < 1.29 is 18.3 Å². The largest absolute Gasteiger partial charge is 0.466 e. The summed E-state index contributed by atoms with van der Waals surface area (Å²) in [5.74, 6) is -1.92. The van der Waals surface area contributed by atoms with Gasteiger partial charge in [-0.15, -0.1) is 11.3 Å². The number of thiophene rings is 1. The van der Waals surface area contributed by atoms with E-state index < -0.39 is 29.3 Å². The number of hydrogen-bond donors (Lipinski definition) is 1. The predicted octanol–water partition coefficient (Wildman–Crippen LogP) is 10.2. The lowest BCUT2D eigenvalue weighted by Gasteiger charge is -2.47. The van der Waals surface area contributed by atoms with E-state index >= 15 is 8.78 Å². The molecule has 3 aliphatic rings. The highest BCUT2D eigenvalue weighted by Crippen LogP contribution is 2.48. The van der Waals surface area contributed by atoms with Crippen LogP contribution in [0.25, 0.3) is 33.1 Å². The van der Waals surface area contributed by atoms with Crippen LogP contribution in [0.3, 0.4) is 0 Å². The lowest BCUT2D eigenvalue weighted by molar-refractivity contribution is -0.154. The quantitative estimate of drug-likeness (QED) is 0.109. The number of esters is 1. The second-order valence-electron chi connectivity index (χ2n) is 14.4. The van der Waals surface area contributed by atoms with E-state index in [4.69, 9.17) is 26.3 Å². The molecule has 2 atom stereocenters. The predicted molar refractivity (Wildman–Crippen MR) is 214 cm³/mol. The highest BCUT2D eigenvalue weighted by molar-refractivity contribution is 7.19. The first-order chi connectivity index (χ1) is 27.4. The van der Waals surface area contributed by atoms with Gasteiger partial charge in [0.25, 0.3) is 0 Å². The molecule has 0 amide bonds. The summed E-state index contributed by atoms with van der Waals surface area (Å²) < 4.78 is 40.3. The fourth-order valence-electron chi connectivity index (χ4n) is 9.00. The molecule has 282 valence electrons. The Bertz CT molecular complexity index is 2430. The van der Waals surface area contributed by atoms with Crippen molar-refractivity contribution in [2.45, 2.75) is 44.2 Å². The van der Waals surface area contributed by atoms with Crippen LogP contribution in [0.5, 0.6) is 0 Å². The molecule has 56 heavy (non-hydrogen) atoms. The summed E-state index contributed by atoms with van der Waals surface area (Å²) in [6.45, 7) is 2.05. The van der Waals surface area contributed by atoms with Gasteiger partial charge in [-0.05, 0) is 73.3 Å². The lowest BCUT2D eigenvalue weighted by Crippen LogP contribution is -2.52. The van der Waals surface area contributed by atoms with Gasteiger partial charge in [0.05, 0.1) is 33.5 Å². The van der Waals surface area contributed by atoms with Gasteiger partial charge >= 0.3 is 5.97 Å². The summed E-state index contributed by atoms with van der Waals surface area (Å²) in [6.07, 6.45) is 6.59. The van der Waals surface area contributed by atoms with Crippen molar-refractivity contribution in [1.29, 1.82) is 0 Å². The zero-order valence-corrected chi connectivity index (χ0v) is 32.0. The molecule has 1 N–H and O–H groups in total. The van der Waals surface area contributed by atoms with Gasteiger partial charge in [-0.3, -0.25) is 4.79 Å². The number of benzene rings is 3. The first-order valence-corrected chi connectivity index (χ1v) is 20.0. The molecule has 8 nitrogen and oxygen atoms in total. The van der Waals surface area contributed by atoms with Crippen LogP contribution in [0.4, 0.5) is 14.6 Å². The fraction of sp³-hybridized carbons (Fsp3) is 0.250. The highest BCUT2D eigenvalue weighted by atomic mass is 35.5. The average Bonchev–Trinajstić information content (AvgIpc) is 3.84. The van der Waals surface area contributed by atoms with Crippen LogP contribution in [-0.4, -0.2) is 43.1 Å². The molecular formula is C44H37ClF2N6O2S. The van der Waals surface area contributed by atoms with Crippen LogP contribution in [0.2, 0.25) is 4.34 Å². The number of carbonyl (C=O) groups excluding carboxylic acids is 1. The highest BCUT2D eigenvalue weighted by Gasteiger charge is 2.48. The number of ether oxygens (including phenoxy) is 1. The van der Waals surface area contributed by atoms with Gasteiger partial charge in [0.2, 0.25) is 5.95 Å². The van der Waals surface area contributed by atoms with Crippen LogP contribution in [0.1, 0.15) is 49.3 Å². The first kappa shape index (κ1) is 36.1. The van der Waals surface area contributed by atoms with Gasteiger partial charge in [0, 0.05) is 12.2 Å². The van der Waals surface area contributed by atoms with Crippen molar-refractivity contribution >= 4 is 45.9 Å². The minimum atomic E-state index is -1.04. The third-order valence-electron chi connectivity index (χ3n) is 11.4. The van der Waals surface area contributed by atoms with Crippen molar-refractivity contribution in [3.63, 3.8) is 0 Å². The molecule has 0 saturated heterocycles. The normalized spacial score (nSPS) is 19.3. The summed E-state index contributed by atoms with van der Waals surface area (Å²) >= 11 is 7.57. The maximum Gasteiger partial charge on any atom is 0.311 e. The standard InChI is InChI=1S/C44H37ClF2N6O2S/c1-2-55-43(54)35-26-18-20-27(21-19-26)37(35)50-41-36(47)39(32-22-23-33(45)56-32)51-40(52-41)31-25-53(42-38(31)49-34(46)24-48-42)44(28-12-6-3-7-13-28,29-14-8-4-9-15-29)30-16-10-5-11-17-30/h3-17,22-27,35,37H,2,18-21H2,1H3,(H,50,51,52)/t26?,27?,35-,37-/m1/s1. The van der Waals surface area contributed by atoms with Gasteiger partial charge < -0.3 is 14.6 Å². The van der Waals surface area contributed by atoms with E-state index in [-0.39, 0.29) is 47.3 Å². The van der Waals surface area contributed by atoms with E-state index in [0.29, 0.717) is 20.4 Å². The van der Waals surface area contributed by atoms with Crippen LogP contribution < -0.4 is 5.32 Å². The molecule has 4 aromatic heterocycles. The molecule has 12 heteroatoms. The zero-order valence-electron chi connectivity index (χ0n) is 30.4. The third-order valence-corrected chi connectivity index (χ3v) is 12.6. The van der Waals surface area contributed by atoms with Crippen molar-refractivity contribution in [2.24, 2.45) is 17.8 Å². The number of nitrogens with one attached hydrogen (secondary N) is 1. The Morgan fingerprint density at radius 3 is 2.04 bits per heavy atom. The Labute approximate surface area is 331 Å². The molecule has 3 fully saturated rings. The van der Waals surface area contributed by atoms with E-state index in [1.54, 1.807) is 19.1 Å². The molecule has 0 spiro atoms. The summed E-state index contributed by atoms with van der Waals surface area (Å²) in [5, 5.41) is 3.40. The minimum absolute atomic E-state index is 0.0220. The molecule has 0 aliphatic heterocycles. The molecule has 4 heterocycles. The second-order valence-corrected chi connectivity index (χ2v) is 16.1. The van der Waals surface area contributed by atoms with E-state index in [0.717, 1.165) is 48.6 Å². The summed E-state index contributed by atoms with van der Waals surface area (Å²) in [6, 6.07) is 33.1. The molecular weight excluding hydrogens is 750 g/mol. The van der Waals surface area contributed by atoms with Gasteiger partial charge in [0.1, 0.15) is 16.7 Å². The van der Waals surface area contributed by atoms with Crippen LogP contribution in [0.15, 0.2) is 116 Å². The molecule has 7 aromatic rings. The zero-order chi connectivity index (χ0) is 38.4. The first-order valence-electron chi connectivity index (χ1n) is 18.8. The Hall–Kier alpha value is -5.52. The Balaban J connectivity index is 1.30. The van der Waals surface area contributed by atoms with E-state index in [9.17, 15) is 4.79 Å². The van der Waals surface area contributed by atoms with Gasteiger partial charge in [-0.2, -0.15) is 4.39 Å². The van der Waals surface area contributed by atoms with Crippen molar-refractivity contribution in [3.05, 3.63) is 148 Å². The van der Waals surface area contributed by atoms with Gasteiger partial charge in [-0.1, -0.05) is 103 Å². The van der Waals surface area contributed by atoms with Crippen LogP contribution in [-0.2, 0) is 15.1 Å². The molecule has 2 bridgehead atoms. The number of anilines is 1. The number of hydrogen-bond acceptors (Lipinski definition) is 8. The van der Waals surface area contributed by atoms with Crippen LogP contribution in [0, 0.1) is 29.5 Å². The van der Waals surface area contributed by atoms with E-state index in [1.165, 1.54) is 11.3 Å². The van der Waals surface area contributed by atoms with Crippen molar-refractivity contribution in [2.75, 3.05) is 11.9 Å². The maximum atomic E-state index is 16.9. The third kappa shape index (κ3) is 6.13. The van der Waals surface area contributed by atoms with Crippen molar-refractivity contribution in [3.8, 4) is 22.0 Å². The number of nitrogens with zero attached hydrogens (tertiary/aromatic N) is 5. The number of halogens is 3. The molecule has 0 radical (unpaired) electrons. The summed E-state index contributed by atoms with van der Waals surface area (Å²) in [5.41, 5.74) is 2.65. The fourth-order valence-corrected chi connectivity index (χ4v) is 10.0. The smallest absolute Gasteiger partial charge is 0.311 e. The van der Waals surface area contributed by atoms with E-state index in [2.05, 4.69) is 51.7 Å². The maximum absolute atomic E-state index is 16.9. The minimum Gasteiger partial charge on any atom is -0.466 e. The van der Waals surface area contributed by atoms with Gasteiger partial charge in [-0.25, -0.2) is 24.3 Å². The second kappa shape index (κ2) is 14.9. The van der Waals surface area contributed by atoms with E-state index in [1.807, 2.05) is 65.4 Å². The van der Waals surface area contributed by atoms with Gasteiger partial charge in [0.15, 0.2) is 23.1 Å². The monoisotopic (exact) mass is 786 g/mol. The topological polar surface area (TPSA) is 94.8 Å². The molecule has 3 aliphatic carbocycles. The molecule has 3 aromatic carbocycles. The molecule has 10 rings (SSSR count). The van der Waals surface area contributed by atoms with Crippen molar-refractivity contribution in [1.82, 2.24) is 24.5 Å². The Morgan fingerprint density at radius 2 is 1.46 bits per heavy atom. The number of rotatable bonds is 10. The Morgan fingerprint density at radius 1 is 0.857 bits per heavy atom. The average molecular weight is 787 g/mol. The number of carbonyl (C=O) groups is 1. The number of fused-ring (bicyclic) bond motifs is 4. The van der Waals surface area contributed by atoms with Crippen LogP contribution >= 0.6 is 22.9 Å². The molecule has 3 saturated carbocycles. The Kier molecular flexibility index (Phi) is 9.59. The number of aromatic nitrogens is 5. The SMILES string of the molecule is CCOC(=O)[C@@H]1C2CCC(CC2)[C@H]1Nc1nc(-c2cn(C(c3ccccc3)(c3ccccc3)c3ccccc3)c3ncc(F)nc23)nc(-c2ccc(Cl)s2)c1F. The molecule has 0 unspecified atom stereocenters. The summed E-state index contributed by atoms with van der Waals surface area (Å²) in [4.78, 5) is 32.7.